The summed E-state index contributed by atoms with van der Waals surface area (Å²) >= 11 is 1.13. The lowest BCUT2D eigenvalue weighted by Gasteiger charge is -2.36. The maximum absolute atomic E-state index is 13.7. The quantitative estimate of drug-likeness (QED) is 0.538. The highest BCUT2D eigenvalue weighted by Gasteiger charge is 2.42. The Morgan fingerprint density at radius 3 is 2.54 bits per heavy atom. The number of rotatable bonds is 3. The number of alkyl halides is 3. The predicted molar refractivity (Wildman–Crippen MR) is 89.8 cm³/mol. The zero-order valence-electron chi connectivity index (χ0n) is 14.1. The van der Waals surface area contributed by atoms with E-state index in [1.54, 1.807) is 12.1 Å². The van der Waals surface area contributed by atoms with Crippen molar-refractivity contribution in [2.24, 2.45) is 11.3 Å². The van der Waals surface area contributed by atoms with Gasteiger partial charge in [-0.05, 0) is 36.2 Å². The Hall–Kier alpha value is -1.48. The molecule has 130 valence electrons. The van der Waals surface area contributed by atoms with Gasteiger partial charge in [0.15, 0.2) is 0 Å². The van der Waals surface area contributed by atoms with Crippen LogP contribution in [0.25, 0.3) is 0 Å². The van der Waals surface area contributed by atoms with Crippen molar-refractivity contribution in [3.63, 3.8) is 0 Å². The molecule has 0 spiro atoms. The summed E-state index contributed by atoms with van der Waals surface area (Å²) < 4.78 is 41.2. The van der Waals surface area contributed by atoms with E-state index in [0.29, 0.717) is 24.3 Å². The standard InChI is InChI=1S/C18H21F3N2S/c1-5-8-24-16-13(10-22)15(18(19,20)21)12-9-11(17(2,3)4)6-7-14(12)23-16/h5,11H,1,6-9H2,2-4H3. The lowest BCUT2D eigenvalue weighted by Crippen LogP contribution is -2.30. The van der Waals surface area contributed by atoms with Gasteiger partial charge in [-0.15, -0.1) is 18.3 Å². The molecule has 0 saturated heterocycles. The molecule has 1 aromatic rings. The molecule has 6 heteroatoms. The molecule has 1 aliphatic rings. The Balaban J connectivity index is 2.64. The van der Waals surface area contributed by atoms with Crippen molar-refractivity contribution < 1.29 is 13.2 Å². The first kappa shape index (κ1) is 18.9. The summed E-state index contributed by atoms with van der Waals surface area (Å²) in [6.45, 7) is 9.71. The molecule has 1 heterocycles. The van der Waals surface area contributed by atoms with Crippen LogP contribution in [0.3, 0.4) is 0 Å². The highest BCUT2D eigenvalue weighted by atomic mass is 32.2. The Bertz CT molecular complexity index is 681. The minimum atomic E-state index is -4.55. The number of nitrogens with zero attached hydrogens (tertiary/aromatic N) is 2. The van der Waals surface area contributed by atoms with Crippen LogP contribution in [0.2, 0.25) is 0 Å². The molecular weight excluding hydrogens is 333 g/mol. The molecule has 2 nitrogen and oxygen atoms in total. The van der Waals surface area contributed by atoms with Gasteiger partial charge in [0.05, 0.1) is 11.1 Å². The minimum Gasteiger partial charge on any atom is -0.245 e. The van der Waals surface area contributed by atoms with Crippen LogP contribution in [0.1, 0.15) is 49.6 Å². The van der Waals surface area contributed by atoms with Gasteiger partial charge in [-0.25, -0.2) is 4.98 Å². The van der Waals surface area contributed by atoms with Crippen LogP contribution in [0.5, 0.6) is 0 Å². The Morgan fingerprint density at radius 2 is 2.04 bits per heavy atom. The molecule has 0 aliphatic heterocycles. The van der Waals surface area contributed by atoms with Gasteiger partial charge in [-0.1, -0.05) is 26.8 Å². The maximum atomic E-state index is 13.7. The summed E-state index contributed by atoms with van der Waals surface area (Å²) in [5, 5.41) is 9.52. The summed E-state index contributed by atoms with van der Waals surface area (Å²) in [5.74, 6) is 0.564. The van der Waals surface area contributed by atoms with Gasteiger partial charge < -0.3 is 0 Å². The third-order valence-corrected chi connectivity index (χ3v) is 5.46. The van der Waals surface area contributed by atoms with Crippen LogP contribution in [0.4, 0.5) is 13.2 Å². The van der Waals surface area contributed by atoms with E-state index in [0.717, 1.165) is 18.2 Å². The Labute approximate surface area is 145 Å². The number of halogens is 3. The first-order valence-corrected chi connectivity index (χ1v) is 8.84. The van der Waals surface area contributed by atoms with E-state index in [1.807, 2.05) is 20.8 Å². The lowest BCUT2D eigenvalue weighted by molar-refractivity contribution is -0.139. The largest absolute Gasteiger partial charge is 0.418 e. The van der Waals surface area contributed by atoms with Crippen molar-refractivity contribution >= 4 is 11.8 Å². The van der Waals surface area contributed by atoms with Crippen molar-refractivity contribution in [3.05, 3.63) is 35.0 Å². The van der Waals surface area contributed by atoms with E-state index in [4.69, 9.17) is 0 Å². The smallest absolute Gasteiger partial charge is 0.245 e. The minimum absolute atomic E-state index is 0.0797. The van der Waals surface area contributed by atoms with E-state index >= 15 is 0 Å². The summed E-state index contributed by atoms with van der Waals surface area (Å²) in [5.41, 5.74) is -0.497. The predicted octanol–water partition coefficient (Wildman–Crippen LogP) is 5.40. The number of thioether (sulfide) groups is 1. The van der Waals surface area contributed by atoms with Crippen molar-refractivity contribution in [1.82, 2.24) is 4.98 Å². The molecule has 0 fully saturated rings. The molecule has 1 aliphatic carbocycles. The summed E-state index contributed by atoms with van der Waals surface area (Å²) in [7, 11) is 0. The van der Waals surface area contributed by atoms with Crippen LogP contribution in [0, 0.1) is 22.7 Å². The van der Waals surface area contributed by atoms with Crippen LogP contribution in [0.15, 0.2) is 17.7 Å². The zero-order chi connectivity index (χ0) is 18.1. The fourth-order valence-electron chi connectivity index (χ4n) is 3.13. The van der Waals surface area contributed by atoms with Crippen molar-refractivity contribution in [3.8, 4) is 6.07 Å². The number of aromatic nitrogens is 1. The molecule has 0 radical (unpaired) electrons. The van der Waals surface area contributed by atoms with E-state index in [-0.39, 0.29) is 27.5 Å². The van der Waals surface area contributed by atoms with E-state index < -0.39 is 11.7 Å². The van der Waals surface area contributed by atoms with Crippen LogP contribution >= 0.6 is 11.8 Å². The van der Waals surface area contributed by atoms with Crippen molar-refractivity contribution in [1.29, 1.82) is 5.26 Å². The fraction of sp³-hybridized carbons (Fsp3) is 0.556. The molecule has 2 rings (SSSR count). The summed E-state index contributed by atoms with van der Waals surface area (Å²) in [6.07, 6.45) is -1.30. The SMILES string of the molecule is C=CCSc1nc2c(c(C(F)(F)F)c1C#N)CC(C(C)(C)C)CC2. The first-order valence-electron chi connectivity index (χ1n) is 7.86. The lowest BCUT2D eigenvalue weighted by atomic mass is 9.70. The molecule has 0 N–H and O–H groups in total. The average Bonchev–Trinajstić information content (AvgIpc) is 2.48. The Morgan fingerprint density at radius 1 is 1.38 bits per heavy atom. The average molecular weight is 354 g/mol. The summed E-state index contributed by atoms with van der Waals surface area (Å²) in [4.78, 5) is 4.40. The number of pyridine rings is 1. The number of hydrogen-bond donors (Lipinski definition) is 0. The zero-order valence-corrected chi connectivity index (χ0v) is 14.9. The second-order valence-electron chi connectivity index (χ2n) is 7.11. The van der Waals surface area contributed by atoms with Crippen molar-refractivity contribution in [2.45, 2.75) is 51.2 Å². The maximum Gasteiger partial charge on any atom is 0.418 e. The number of hydrogen-bond acceptors (Lipinski definition) is 3. The normalized spacial score (nSPS) is 18.0. The first-order chi connectivity index (χ1) is 11.1. The number of aryl methyl sites for hydroxylation is 1. The third-order valence-electron chi connectivity index (χ3n) is 4.49. The van der Waals surface area contributed by atoms with Gasteiger partial charge in [-0.2, -0.15) is 18.4 Å². The second kappa shape index (κ2) is 6.79. The number of nitriles is 1. The van der Waals surface area contributed by atoms with Crippen LogP contribution in [-0.2, 0) is 19.0 Å². The van der Waals surface area contributed by atoms with E-state index in [1.165, 1.54) is 0 Å². The molecule has 24 heavy (non-hydrogen) atoms. The van der Waals surface area contributed by atoms with Gasteiger partial charge >= 0.3 is 6.18 Å². The van der Waals surface area contributed by atoms with Gasteiger partial charge in [0.2, 0.25) is 0 Å². The second-order valence-corrected chi connectivity index (χ2v) is 8.12. The molecule has 1 unspecified atom stereocenters. The molecule has 0 bridgehead atoms. The van der Waals surface area contributed by atoms with Gasteiger partial charge in [-0.3, -0.25) is 0 Å². The van der Waals surface area contributed by atoms with Crippen LogP contribution in [-0.4, -0.2) is 10.7 Å². The van der Waals surface area contributed by atoms with Gasteiger partial charge in [0.25, 0.3) is 0 Å². The monoisotopic (exact) mass is 354 g/mol. The molecule has 0 amide bonds. The molecule has 0 saturated carbocycles. The fourth-order valence-corrected chi connectivity index (χ4v) is 3.87. The third kappa shape index (κ3) is 3.77. The molecule has 0 aromatic carbocycles. The van der Waals surface area contributed by atoms with Gasteiger partial charge in [0, 0.05) is 11.4 Å². The highest BCUT2D eigenvalue weighted by molar-refractivity contribution is 7.99. The van der Waals surface area contributed by atoms with Crippen LogP contribution < -0.4 is 0 Å². The topological polar surface area (TPSA) is 36.7 Å². The molecule has 1 aromatic heterocycles. The molecular formula is C18H21F3N2S. The van der Waals surface area contributed by atoms with E-state index in [9.17, 15) is 18.4 Å². The Kier molecular flexibility index (Phi) is 5.34. The van der Waals surface area contributed by atoms with E-state index in [2.05, 4.69) is 11.6 Å². The number of fused-ring (bicyclic) bond motifs is 1. The van der Waals surface area contributed by atoms with Gasteiger partial charge in [0.1, 0.15) is 11.1 Å². The van der Waals surface area contributed by atoms with Crippen molar-refractivity contribution in [2.75, 3.05) is 5.75 Å². The highest BCUT2D eigenvalue weighted by Crippen LogP contribution is 2.44. The summed E-state index contributed by atoms with van der Waals surface area (Å²) in [6, 6.07) is 1.75. The molecule has 1 atom stereocenters.